The van der Waals surface area contributed by atoms with Crippen LogP contribution in [-0.2, 0) is 20.6 Å². The van der Waals surface area contributed by atoms with Crippen LogP contribution < -0.4 is 5.01 Å². The SMILES string of the molecule is CN(c1ncc(C(F)(F)F)cc1Cl)N1C(=O)[C@@H]2C(c3c(Cl)cccc3Cl)=NO[C@H]2C1=O. The van der Waals surface area contributed by atoms with Gasteiger partial charge in [0.2, 0.25) is 6.10 Å². The number of benzene rings is 1. The van der Waals surface area contributed by atoms with Gasteiger partial charge in [-0.25, -0.2) is 4.98 Å². The molecular formula is C18H10Cl3F3N4O3. The Morgan fingerprint density at radius 1 is 1.10 bits per heavy atom. The summed E-state index contributed by atoms with van der Waals surface area (Å²) in [4.78, 5) is 34.8. The summed E-state index contributed by atoms with van der Waals surface area (Å²) in [7, 11) is 1.26. The van der Waals surface area contributed by atoms with Crippen LogP contribution in [-0.4, -0.2) is 40.7 Å². The van der Waals surface area contributed by atoms with Gasteiger partial charge in [0.25, 0.3) is 11.8 Å². The molecule has 0 N–H and O–H groups in total. The lowest BCUT2D eigenvalue weighted by Crippen LogP contribution is -2.46. The van der Waals surface area contributed by atoms with Crippen LogP contribution in [0, 0.1) is 5.92 Å². The number of fused-ring (bicyclic) bond motifs is 1. The number of hydrogen-bond acceptors (Lipinski definition) is 6. The molecule has 0 spiro atoms. The fraction of sp³-hybridized carbons (Fsp3) is 0.222. The summed E-state index contributed by atoms with van der Waals surface area (Å²) in [6.45, 7) is 0. The van der Waals surface area contributed by atoms with Gasteiger partial charge < -0.3 is 4.84 Å². The Labute approximate surface area is 187 Å². The normalized spacial score (nSPS) is 20.6. The van der Waals surface area contributed by atoms with E-state index in [0.29, 0.717) is 17.3 Å². The highest BCUT2D eigenvalue weighted by atomic mass is 35.5. The summed E-state index contributed by atoms with van der Waals surface area (Å²) in [6.07, 6.45) is -5.39. The summed E-state index contributed by atoms with van der Waals surface area (Å²) in [5, 5.41) is 5.48. The molecule has 4 rings (SSSR count). The van der Waals surface area contributed by atoms with Crippen molar-refractivity contribution in [1.29, 1.82) is 0 Å². The first-order chi connectivity index (χ1) is 14.5. The van der Waals surface area contributed by atoms with Gasteiger partial charge in [0.1, 0.15) is 11.6 Å². The third kappa shape index (κ3) is 3.48. The quantitative estimate of drug-likeness (QED) is 0.599. The van der Waals surface area contributed by atoms with Crippen molar-refractivity contribution in [2.75, 3.05) is 12.1 Å². The average Bonchev–Trinajstić information content (AvgIpc) is 3.21. The first kappa shape index (κ1) is 21.7. The fourth-order valence-electron chi connectivity index (χ4n) is 3.33. The molecule has 1 saturated heterocycles. The van der Waals surface area contributed by atoms with Gasteiger partial charge in [0, 0.05) is 18.8 Å². The van der Waals surface area contributed by atoms with Gasteiger partial charge in [-0.1, -0.05) is 46.0 Å². The van der Waals surface area contributed by atoms with E-state index in [4.69, 9.17) is 39.6 Å². The van der Waals surface area contributed by atoms with E-state index >= 15 is 0 Å². The minimum Gasteiger partial charge on any atom is -0.381 e. The highest BCUT2D eigenvalue weighted by Gasteiger charge is 2.58. The van der Waals surface area contributed by atoms with Crippen LogP contribution in [0.4, 0.5) is 19.0 Å². The molecule has 1 aromatic carbocycles. The minimum absolute atomic E-state index is 0.0707. The third-order valence-electron chi connectivity index (χ3n) is 4.76. The summed E-state index contributed by atoms with van der Waals surface area (Å²) < 4.78 is 38.6. The summed E-state index contributed by atoms with van der Waals surface area (Å²) in [6, 6.07) is 5.33. The molecule has 1 fully saturated rings. The van der Waals surface area contributed by atoms with Crippen LogP contribution in [0.15, 0.2) is 35.6 Å². The van der Waals surface area contributed by atoms with Crippen molar-refractivity contribution in [3.05, 3.63) is 56.7 Å². The standard InChI is InChI=1S/C18H10Cl3F3N4O3/c1-27(15-10(21)5-7(6-25-15)18(22,23)24)28-16(29)12-13(26-31-14(12)17(28)30)11-8(19)3-2-4-9(11)20/h2-6,12,14H,1H3/t12-,14-/m1/s1. The van der Waals surface area contributed by atoms with E-state index in [-0.39, 0.29) is 27.1 Å². The van der Waals surface area contributed by atoms with E-state index in [1.165, 1.54) is 19.2 Å². The number of nitrogens with zero attached hydrogens (tertiary/aromatic N) is 4. The number of alkyl halides is 3. The molecule has 2 atom stereocenters. The number of oxime groups is 1. The fourth-order valence-corrected chi connectivity index (χ4v) is 4.21. The first-order valence-corrected chi connectivity index (χ1v) is 9.68. The Kier molecular flexibility index (Phi) is 5.27. The second kappa shape index (κ2) is 7.54. The number of rotatable bonds is 3. The van der Waals surface area contributed by atoms with Crippen LogP contribution in [0.25, 0.3) is 0 Å². The molecule has 2 aliphatic heterocycles. The van der Waals surface area contributed by atoms with Crippen molar-refractivity contribution < 1.29 is 27.6 Å². The summed E-state index contributed by atoms with van der Waals surface area (Å²) in [5.74, 6) is -2.93. The number of anilines is 1. The summed E-state index contributed by atoms with van der Waals surface area (Å²) >= 11 is 18.3. The number of halogens is 6. The van der Waals surface area contributed by atoms with Crippen molar-refractivity contribution in [2.24, 2.45) is 11.1 Å². The lowest BCUT2D eigenvalue weighted by molar-refractivity contribution is -0.143. The van der Waals surface area contributed by atoms with Crippen molar-refractivity contribution >= 4 is 58.1 Å². The maximum Gasteiger partial charge on any atom is 0.417 e. The molecule has 7 nitrogen and oxygen atoms in total. The van der Waals surface area contributed by atoms with Crippen LogP contribution in [0.2, 0.25) is 15.1 Å². The van der Waals surface area contributed by atoms with Gasteiger partial charge in [-0.2, -0.15) is 18.2 Å². The number of pyridine rings is 1. The molecule has 13 heteroatoms. The average molecular weight is 494 g/mol. The van der Waals surface area contributed by atoms with Gasteiger partial charge in [0.15, 0.2) is 5.82 Å². The third-order valence-corrected chi connectivity index (χ3v) is 5.67. The molecule has 1 aromatic heterocycles. The maximum absolute atomic E-state index is 13.1. The topological polar surface area (TPSA) is 75.1 Å². The van der Waals surface area contributed by atoms with Crippen LogP contribution in [0.3, 0.4) is 0 Å². The number of aromatic nitrogens is 1. The molecule has 2 amide bonds. The molecule has 0 radical (unpaired) electrons. The van der Waals surface area contributed by atoms with E-state index < -0.39 is 40.6 Å². The predicted molar refractivity (Wildman–Crippen MR) is 106 cm³/mol. The smallest absolute Gasteiger partial charge is 0.381 e. The minimum atomic E-state index is -4.66. The predicted octanol–water partition coefficient (Wildman–Crippen LogP) is 4.20. The molecule has 2 aromatic rings. The Hall–Kier alpha value is -2.56. The zero-order valence-corrected chi connectivity index (χ0v) is 17.6. The number of hydrogen-bond donors (Lipinski definition) is 0. The molecule has 0 bridgehead atoms. The molecular weight excluding hydrogens is 484 g/mol. The van der Waals surface area contributed by atoms with Crippen molar-refractivity contribution in [3.63, 3.8) is 0 Å². The number of imide groups is 1. The number of carbonyl (C=O) groups is 2. The highest BCUT2D eigenvalue weighted by molar-refractivity contribution is 6.42. The molecule has 0 aliphatic carbocycles. The Bertz CT molecular complexity index is 1120. The van der Waals surface area contributed by atoms with E-state index in [2.05, 4.69) is 10.1 Å². The largest absolute Gasteiger partial charge is 0.417 e. The van der Waals surface area contributed by atoms with Gasteiger partial charge >= 0.3 is 6.18 Å². The van der Waals surface area contributed by atoms with Crippen LogP contribution in [0.1, 0.15) is 11.1 Å². The molecule has 2 aliphatic rings. The van der Waals surface area contributed by atoms with Gasteiger partial charge in [-0.3, -0.25) is 14.6 Å². The first-order valence-electron chi connectivity index (χ1n) is 8.54. The second-order valence-corrected chi connectivity index (χ2v) is 7.84. The second-order valence-electron chi connectivity index (χ2n) is 6.62. The Morgan fingerprint density at radius 2 is 1.74 bits per heavy atom. The lowest BCUT2D eigenvalue weighted by Gasteiger charge is -2.28. The van der Waals surface area contributed by atoms with Gasteiger partial charge in [-0.15, -0.1) is 0 Å². The zero-order chi connectivity index (χ0) is 22.7. The van der Waals surface area contributed by atoms with E-state index in [9.17, 15) is 22.8 Å². The zero-order valence-electron chi connectivity index (χ0n) is 15.3. The number of amides is 2. The number of hydrazine groups is 1. The monoisotopic (exact) mass is 492 g/mol. The molecule has 31 heavy (non-hydrogen) atoms. The Balaban J connectivity index is 1.68. The molecule has 3 heterocycles. The van der Waals surface area contributed by atoms with Crippen LogP contribution >= 0.6 is 34.8 Å². The van der Waals surface area contributed by atoms with E-state index in [1.54, 1.807) is 6.07 Å². The Morgan fingerprint density at radius 3 is 2.32 bits per heavy atom. The molecule has 0 unspecified atom stereocenters. The van der Waals surface area contributed by atoms with E-state index in [0.717, 1.165) is 5.01 Å². The number of carbonyl (C=O) groups excluding carboxylic acids is 2. The molecule has 162 valence electrons. The van der Waals surface area contributed by atoms with Crippen molar-refractivity contribution in [1.82, 2.24) is 9.99 Å². The van der Waals surface area contributed by atoms with Crippen molar-refractivity contribution in [3.8, 4) is 0 Å². The molecule has 0 saturated carbocycles. The van der Waals surface area contributed by atoms with E-state index in [1.807, 2.05) is 0 Å². The lowest BCUT2D eigenvalue weighted by atomic mass is 9.94. The van der Waals surface area contributed by atoms with Gasteiger partial charge in [0.05, 0.1) is 20.6 Å². The maximum atomic E-state index is 13.1. The van der Waals surface area contributed by atoms with Crippen molar-refractivity contribution in [2.45, 2.75) is 12.3 Å². The van der Waals surface area contributed by atoms with Crippen LogP contribution in [0.5, 0.6) is 0 Å². The summed E-state index contributed by atoms with van der Waals surface area (Å²) in [5.41, 5.74) is -0.757. The van der Waals surface area contributed by atoms with Gasteiger partial charge in [-0.05, 0) is 18.2 Å². The highest BCUT2D eigenvalue weighted by Crippen LogP contribution is 2.39.